The van der Waals surface area contributed by atoms with Crippen LogP contribution in [0.1, 0.15) is 12.0 Å². The highest BCUT2D eigenvalue weighted by atomic mass is 19.4. The van der Waals surface area contributed by atoms with Gasteiger partial charge in [0.15, 0.2) is 0 Å². The summed E-state index contributed by atoms with van der Waals surface area (Å²) < 4.78 is 45.1. The minimum atomic E-state index is -4.28. The predicted octanol–water partition coefficient (Wildman–Crippen LogP) is 2.40. The molecular weight excluding hydrogens is 273 g/mol. The Bertz CT molecular complexity index is 629. The summed E-state index contributed by atoms with van der Waals surface area (Å²) in [6.07, 6.45) is -0.655. The molecule has 8 heteroatoms. The Labute approximate surface area is 112 Å². The number of ether oxygens (including phenoxy) is 1. The first kappa shape index (κ1) is 13.0. The summed E-state index contributed by atoms with van der Waals surface area (Å²) in [6.45, 7) is 2.14. The Hall–Kier alpha value is -1.99. The average Bonchev–Trinajstić information content (AvgIpc) is 2.93. The quantitative estimate of drug-likeness (QED) is 0.851. The molecule has 1 aliphatic rings. The first-order valence-corrected chi connectivity index (χ1v) is 6.24. The molecule has 2 aromatic rings. The second-order valence-electron chi connectivity index (χ2n) is 4.75. The Kier molecular flexibility index (Phi) is 2.95. The zero-order chi connectivity index (χ0) is 14.3. The SMILES string of the molecule is Cc1c(-c2cnn(CC(F)(F)F)c2)nn2c1OCCC2. The van der Waals surface area contributed by atoms with Crippen LogP contribution in [0.5, 0.6) is 5.88 Å². The number of halogens is 3. The highest BCUT2D eigenvalue weighted by molar-refractivity contribution is 5.63. The molecule has 0 aromatic carbocycles. The van der Waals surface area contributed by atoms with E-state index in [0.717, 1.165) is 23.2 Å². The van der Waals surface area contributed by atoms with E-state index in [2.05, 4.69) is 10.2 Å². The fraction of sp³-hybridized carbons (Fsp3) is 0.500. The lowest BCUT2D eigenvalue weighted by Crippen LogP contribution is -2.17. The molecule has 0 N–H and O–H groups in total. The van der Waals surface area contributed by atoms with Gasteiger partial charge in [0.2, 0.25) is 5.88 Å². The summed E-state index contributed by atoms with van der Waals surface area (Å²) in [5.41, 5.74) is 2.02. The van der Waals surface area contributed by atoms with Gasteiger partial charge in [0.1, 0.15) is 12.2 Å². The number of rotatable bonds is 2. The fourth-order valence-corrected chi connectivity index (χ4v) is 2.28. The van der Waals surface area contributed by atoms with E-state index in [1.54, 1.807) is 4.68 Å². The van der Waals surface area contributed by atoms with Crippen LogP contribution in [0, 0.1) is 6.92 Å². The maximum absolute atomic E-state index is 12.3. The van der Waals surface area contributed by atoms with E-state index in [4.69, 9.17) is 4.74 Å². The van der Waals surface area contributed by atoms with Crippen LogP contribution < -0.4 is 4.74 Å². The molecule has 3 rings (SSSR count). The van der Waals surface area contributed by atoms with Gasteiger partial charge >= 0.3 is 6.18 Å². The highest BCUT2D eigenvalue weighted by Gasteiger charge is 2.29. The van der Waals surface area contributed by atoms with Gasteiger partial charge in [-0.2, -0.15) is 23.4 Å². The summed E-state index contributed by atoms with van der Waals surface area (Å²) in [5.74, 6) is 0.690. The van der Waals surface area contributed by atoms with Crippen LogP contribution in [-0.4, -0.2) is 32.3 Å². The van der Waals surface area contributed by atoms with Crippen molar-refractivity contribution in [1.82, 2.24) is 19.6 Å². The smallest absolute Gasteiger partial charge is 0.408 e. The normalized spacial score (nSPS) is 15.0. The summed E-state index contributed by atoms with van der Waals surface area (Å²) >= 11 is 0. The van der Waals surface area contributed by atoms with Crippen LogP contribution in [0.25, 0.3) is 11.3 Å². The lowest BCUT2D eigenvalue weighted by atomic mass is 10.2. The molecule has 5 nitrogen and oxygen atoms in total. The van der Waals surface area contributed by atoms with Crippen LogP contribution in [0.3, 0.4) is 0 Å². The molecule has 0 aliphatic carbocycles. The van der Waals surface area contributed by atoms with E-state index in [0.29, 0.717) is 23.7 Å². The summed E-state index contributed by atoms with van der Waals surface area (Å²) in [4.78, 5) is 0. The number of hydrogen-bond donors (Lipinski definition) is 0. The summed E-state index contributed by atoms with van der Waals surface area (Å²) in [6, 6.07) is 0. The number of hydrogen-bond acceptors (Lipinski definition) is 3. The topological polar surface area (TPSA) is 44.9 Å². The van der Waals surface area contributed by atoms with Gasteiger partial charge in [0, 0.05) is 30.3 Å². The van der Waals surface area contributed by atoms with Crippen molar-refractivity contribution in [2.75, 3.05) is 6.61 Å². The van der Waals surface area contributed by atoms with Gasteiger partial charge in [0.25, 0.3) is 0 Å². The Morgan fingerprint density at radius 3 is 2.90 bits per heavy atom. The maximum Gasteiger partial charge on any atom is 0.408 e. The van der Waals surface area contributed by atoms with Gasteiger partial charge in [0.05, 0.1) is 12.8 Å². The first-order chi connectivity index (χ1) is 9.44. The molecule has 2 aromatic heterocycles. The molecule has 0 atom stereocenters. The molecule has 0 bridgehead atoms. The summed E-state index contributed by atoms with van der Waals surface area (Å²) in [5, 5.41) is 8.12. The predicted molar refractivity (Wildman–Crippen MR) is 64.4 cm³/mol. The average molecular weight is 286 g/mol. The van der Waals surface area contributed by atoms with E-state index in [1.165, 1.54) is 12.4 Å². The number of nitrogens with zero attached hydrogens (tertiary/aromatic N) is 4. The largest absolute Gasteiger partial charge is 0.478 e. The molecule has 0 unspecified atom stereocenters. The number of fused-ring (bicyclic) bond motifs is 1. The summed E-state index contributed by atoms with van der Waals surface area (Å²) in [7, 11) is 0. The van der Waals surface area contributed by atoms with Crippen LogP contribution >= 0.6 is 0 Å². The van der Waals surface area contributed by atoms with Crippen molar-refractivity contribution in [2.24, 2.45) is 0 Å². The molecule has 0 radical (unpaired) electrons. The molecule has 20 heavy (non-hydrogen) atoms. The van der Waals surface area contributed by atoms with Crippen molar-refractivity contribution in [1.29, 1.82) is 0 Å². The molecule has 0 saturated carbocycles. The van der Waals surface area contributed by atoms with Crippen molar-refractivity contribution in [3.8, 4) is 17.1 Å². The second kappa shape index (κ2) is 4.53. The molecule has 0 spiro atoms. The number of aromatic nitrogens is 4. The molecule has 3 heterocycles. The van der Waals surface area contributed by atoms with Gasteiger partial charge < -0.3 is 4.74 Å². The van der Waals surface area contributed by atoms with Crippen molar-refractivity contribution >= 4 is 0 Å². The third kappa shape index (κ3) is 2.37. The van der Waals surface area contributed by atoms with Gasteiger partial charge in [-0.25, -0.2) is 4.68 Å². The van der Waals surface area contributed by atoms with Gasteiger partial charge in [-0.15, -0.1) is 0 Å². The molecule has 0 fully saturated rings. The van der Waals surface area contributed by atoms with E-state index in [1.807, 2.05) is 6.92 Å². The first-order valence-electron chi connectivity index (χ1n) is 6.24. The third-order valence-electron chi connectivity index (χ3n) is 3.13. The zero-order valence-electron chi connectivity index (χ0n) is 10.8. The van der Waals surface area contributed by atoms with Crippen molar-refractivity contribution < 1.29 is 17.9 Å². The van der Waals surface area contributed by atoms with E-state index in [-0.39, 0.29) is 0 Å². The van der Waals surface area contributed by atoms with E-state index in [9.17, 15) is 13.2 Å². The van der Waals surface area contributed by atoms with E-state index < -0.39 is 12.7 Å². The fourth-order valence-electron chi connectivity index (χ4n) is 2.28. The highest BCUT2D eigenvalue weighted by Crippen LogP contribution is 2.31. The van der Waals surface area contributed by atoms with Gasteiger partial charge in [-0.3, -0.25) is 4.68 Å². The van der Waals surface area contributed by atoms with Gasteiger partial charge in [-0.1, -0.05) is 0 Å². The minimum Gasteiger partial charge on any atom is -0.478 e. The molecule has 0 amide bonds. The molecular formula is C12H13F3N4O. The lowest BCUT2D eigenvalue weighted by Gasteiger charge is -2.14. The lowest BCUT2D eigenvalue weighted by molar-refractivity contribution is -0.142. The van der Waals surface area contributed by atoms with Crippen LogP contribution in [-0.2, 0) is 13.1 Å². The van der Waals surface area contributed by atoms with Crippen molar-refractivity contribution in [2.45, 2.75) is 32.6 Å². The second-order valence-corrected chi connectivity index (χ2v) is 4.75. The van der Waals surface area contributed by atoms with Crippen LogP contribution in [0.4, 0.5) is 13.2 Å². The minimum absolute atomic E-state index is 0.567. The Balaban J connectivity index is 1.92. The van der Waals surface area contributed by atoms with Crippen LogP contribution in [0.15, 0.2) is 12.4 Å². The van der Waals surface area contributed by atoms with Crippen molar-refractivity contribution in [3.05, 3.63) is 18.0 Å². The van der Waals surface area contributed by atoms with Crippen molar-refractivity contribution in [3.63, 3.8) is 0 Å². The molecule has 0 saturated heterocycles. The monoisotopic (exact) mass is 286 g/mol. The Morgan fingerprint density at radius 2 is 2.20 bits per heavy atom. The zero-order valence-corrected chi connectivity index (χ0v) is 10.8. The van der Waals surface area contributed by atoms with Gasteiger partial charge in [-0.05, 0) is 6.92 Å². The standard InChI is InChI=1S/C12H13F3N4O/c1-8-10(17-19-3-2-4-20-11(8)19)9-5-16-18(6-9)7-12(13,14)15/h5-6H,2-4,7H2,1H3. The van der Waals surface area contributed by atoms with E-state index >= 15 is 0 Å². The Morgan fingerprint density at radius 1 is 1.40 bits per heavy atom. The number of alkyl halides is 3. The van der Waals surface area contributed by atoms with Crippen LogP contribution in [0.2, 0.25) is 0 Å². The number of aryl methyl sites for hydroxylation is 1. The molecule has 108 valence electrons. The third-order valence-corrected chi connectivity index (χ3v) is 3.13. The maximum atomic E-state index is 12.3. The molecule has 1 aliphatic heterocycles.